The van der Waals surface area contributed by atoms with Gasteiger partial charge < -0.3 is 15.3 Å². The van der Waals surface area contributed by atoms with Gasteiger partial charge in [0.05, 0.1) is 0 Å². The van der Waals surface area contributed by atoms with Gasteiger partial charge in [-0.25, -0.2) is 4.79 Å². The van der Waals surface area contributed by atoms with Crippen LogP contribution in [0.1, 0.15) is 20.8 Å². The average molecular weight is 176 g/mol. The van der Waals surface area contributed by atoms with E-state index >= 15 is 0 Å². The van der Waals surface area contributed by atoms with E-state index in [0.29, 0.717) is 0 Å². The Morgan fingerprint density at radius 1 is 1.25 bits per heavy atom. The molecular weight excluding hydrogens is 156 g/mol. The number of hydrogen-bond donors (Lipinski definition) is 2. The van der Waals surface area contributed by atoms with Gasteiger partial charge in [0.2, 0.25) is 0 Å². The summed E-state index contributed by atoms with van der Waals surface area (Å²) in [4.78, 5) is 11.6. The molecule has 0 fully saturated rings. The van der Waals surface area contributed by atoms with E-state index in [0.717, 1.165) is 0 Å². The highest BCUT2D eigenvalue weighted by Crippen LogP contribution is 1.81. The molecule has 0 heterocycles. The zero-order chi connectivity index (χ0) is 9.98. The molecule has 0 aliphatic carbocycles. The molecule has 4 nitrogen and oxygen atoms in total. The number of carbonyl (C=O) groups is 1. The average Bonchev–Trinajstić information content (AvgIpc) is 2.09. The second kappa shape index (κ2) is 10.2. The maximum atomic E-state index is 9.26. The van der Waals surface area contributed by atoms with Crippen molar-refractivity contribution in [3.05, 3.63) is 0 Å². The maximum absolute atomic E-state index is 9.26. The molecule has 12 heavy (non-hydrogen) atoms. The van der Waals surface area contributed by atoms with Gasteiger partial charge in [-0.2, -0.15) is 0 Å². The minimum absolute atomic E-state index is 0.995. The van der Waals surface area contributed by atoms with Crippen molar-refractivity contribution in [3.8, 4) is 0 Å². The van der Waals surface area contributed by atoms with Crippen molar-refractivity contribution in [3.63, 3.8) is 0 Å². The summed E-state index contributed by atoms with van der Waals surface area (Å²) in [6, 6.07) is 0. The fourth-order valence-electron chi connectivity index (χ4n) is 0.671. The molecule has 0 radical (unpaired) electrons. The molecule has 0 bridgehead atoms. The SMILES string of the molecule is CCN(CC)CC.CNC(=O)O. The van der Waals surface area contributed by atoms with E-state index < -0.39 is 6.09 Å². The van der Waals surface area contributed by atoms with Gasteiger partial charge in [-0.1, -0.05) is 20.8 Å². The molecule has 0 saturated heterocycles. The third kappa shape index (κ3) is 12.0. The number of amides is 1. The monoisotopic (exact) mass is 176 g/mol. The van der Waals surface area contributed by atoms with Crippen molar-refractivity contribution >= 4 is 6.09 Å². The Kier molecular flexibility index (Phi) is 11.8. The van der Waals surface area contributed by atoms with Gasteiger partial charge >= 0.3 is 6.09 Å². The van der Waals surface area contributed by atoms with Crippen molar-refractivity contribution < 1.29 is 9.90 Å². The first-order valence-electron chi connectivity index (χ1n) is 4.25. The van der Waals surface area contributed by atoms with Crippen LogP contribution in [0.25, 0.3) is 0 Å². The van der Waals surface area contributed by atoms with Gasteiger partial charge in [0.25, 0.3) is 0 Å². The molecule has 0 aromatic carbocycles. The van der Waals surface area contributed by atoms with Crippen LogP contribution in [-0.2, 0) is 0 Å². The summed E-state index contributed by atoms with van der Waals surface area (Å²) < 4.78 is 0. The van der Waals surface area contributed by atoms with Gasteiger partial charge in [-0.3, -0.25) is 0 Å². The number of nitrogens with one attached hydrogen (secondary N) is 1. The second-order valence-corrected chi connectivity index (χ2v) is 2.17. The summed E-state index contributed by atoms with van der Waals surface area (Å²) >= 11 is 0. The Labute approximate surface area is 74.6 Å². The fourth-order valence-corrected chi connectivity index (χ4v) is 0.671. The Morgan fingerprint density at radius 3 is 1.50 bits per heavy atom. The van der Waals surface area contributed by atoms with E-state index in [9.17, 15) is 4.79 Å². The third-order valence-electron chi connectivity index (χ3n) is 1.56. The molecule has 1 amide bonds. The molecule has 0 spiro atoms. The topological polar surface area (TPSA) is 52.6 Å². The molecule has 0 aromatic heterocycles. The minimum Gasteiger partial charge on any atom is -0.465 e. The first-order chi connectivity index (χ1) is 5.62. The summed E-state index contributed by atoms with van der Waals surface area (Å²) in [6.07, 6.45) is -0.995. The lowest BCUT2D eigenvalue weighted by Crippen LogP contribution is -2.21. The Hall–Kier alpha value is -0.770. The lowest BCUT2D eigenvalue weighted by Gasteiger charge is -2.13. The molecule has 74 valence electrons. The van der Waals surface area contributed by atoms with E-state index in [4.69, 9.17) is 5.11 Å². The summed E-state index contributed by atoms with van der Waals surface area (Å²) in [5.74, 6) is 0. The van der Waals surface area contributed by atoms with Gasteiger partial charge in [0.1, 0.15) is 0 Å². The Bertz CT molecular complexity index is 97.7. The van der Waals surface area contributed by atoms with Crippen molar-refractivity contribution in [2.24, 2.45) is 0 Å². The highest BCUT2D eigenvalue weighted by atomic mass is 16.4. The first-order valence-corrected chi connectivity index (χ1v) is 4.25. The van der Waals surface area contributed by atoms with Crippen LogP contribution in [0.3, 0.4) is 0 Å². The van der Waals surface area contributed by atoms with Crippen LogP contribution in [0.2, 0.25) is 0 Å². The van der Waals surface area contributed by atoms with Crippen LogP contribution < -0.4 is 5.32 Å². The zero-order valence-corrected chi connectivity index (χ0v) is 8.42. The van der Waals surface area contributed by atoms with Crippen LogP contribution in [0, 0.1) is 0 Å². The quantitative estimate of drug-likeness (QED) is 0.680. The lowest BCUT2D eigenvalue weighted by molar-refractivity contribution is 0.197. The minimum atomic E-state index is -0.995. The number of carboxylic acid groups (broad SMARTS) is 1. The number of rotatable bonds is 3. The van der Waals surface area contributed by atoms with Gasteiger partial charge in [0.15, 0.2) is 0 Å². The van der Waals surface area contributed by atoms with Gasteiger partial charge in [0, 0.05) is 7.05 Å². The van der Waals surface area contributed by atoms with E-state index in [1.807, 2.05) is 5.32 Å². The van der Waals surface area contributed by atoms with Crippen molar-refractivity contribution in [2.45, 2.75) is 20.8 Å². The van der Waals surface area contributed by atoms with Gasteiger partial charge in [-0.05, 0) is 19.6 Å². The fraction of sp³-hybridized carbons (Fsp3) is 0.875. The highest BCUT2D eigenvalue weighted by Gasteiger charge is 1.89. The molecule has 0 atom stereocenters. The van der Waals surface area contributed by atoms with E-state index in [1.54, 1.807) is 0 Å². The third-order valence-corrected chi connectivity index (χ3v) is 1.56. The predicted molar refractivity (Wildman–Crippen MR) is 50.5 cm³/mol. The highest BCUT2D eigenvalue weighted by molar-refractivity contribution is 5.63. The smallest absolute Gasteiger partial charge is 0.404 e. The van der Waals surface area contributed by atoms with Crippen LogP contribution in [0.4, 0.5) is 4.79 Å². The molecule has 0 aliphatic rings. The van der Waals surface area contributed by atoms with Crippen LogP contribution in [0.5, 0.6) is 0 Å². The Balaban J connectivity index is 0. The molecule has 0 unspecified atom stereocenters. The number of hydrogen-bond acceptors (Lipinski definition) is 2. The van der Waals surface area contributed by atoms with E-state index in [-0.39, 0.29) is 0 Å². The normalized spacial score (nSPS) is 8.75. The van der Waals surface area contributed by atoms with Gasteiger partial charge in [-0.15, -0.1) is 0 Å². The summed E-state index contributed by atoms with van der Waals surface area (Å²) in [7, 11) is 1.35. The number of nitrogens with zero attached hydrogens (tertiary/aromatic N) is 1. The zero-order valence-electron chi connectivity index (χ0n) is 8.42. The predicted octanol–water partition coefficient (Wildman–Crippen LogP) is 1.23. The largest absolute Gasteiger partial charge is 0.465 e. The van der Waals surface area contributed by atoms with E-state index in [2.05, 4.69) is 25.7 Å². The van der Waals surface area contributed by atoms with Crippen molar-refractivity contribution in [2.75, 3.05) is 26.7 Å². The van der Waals surface area contributed by atoms with Crippen LogP contribution in [0.15, 0.2) is 0 Å². The molecule has 0 saturated carbocycles. The van der Waals surface area contributed by atoms with Crippen LogP contribution in [-0.4, -0.2) is 42.8 Å². The summed E-state index contributed by atoms with van der Waals surface area (Å²) in [5.41, 5.74) is 0. The molecule has 2 N–H and O–H groups in total. The van der Waals surface area contributed by atoms with E-state index in [1.165, 1.54) is 26.7 Å². The molecule has 0 aliphatic heterocycles. The first kappa shape index (κ1) is 13.8. The lowest BCUT2D eigenvalue weighted by atomic mass is 10.5. The van der Waals surface area contributed by atoms with Crippen molar-refractivity contribution in [1.82, 2.24) is 10.2 Å². The summed E-state index contributed by atoms with van der Waals surface area (Å²) in [5, 5.41) is 9.56. The van der Waals surface area contributed by atoms with Crippen molar-refractivity contribution in [1.29, 1.82) is 0 Å². The van der Waals surface area contributed by atoms with Crippen LogP contribution >= 0.6 is 0 Å². The standard InChI is InChI=1S/C6H15N.C2H5NO2/c1-4-7(5-2)6-3;1-3-2(4)5/h4-6H2,1-3H3;3H,1H3,(H,4,5). The molecule has 0 aromatic rings. The molecule has 0 rings (SSSR count). The maximum Gasteiger partial charge on any atom is 0.404 e. The molecular formula is C8H20N2O2. The second-order valence-electron chi connectivity index (χ2n) is 2.17. The summed E-state index contributed by atoms with van der Waals surface area (Å²) in [6.45, 7) is 10.1. The molecule has 4 heteroatoms. The Morgan fingerprint density at radius 2 is 1.50 bits per heavy atom.